The molecule has 3 rings (SSSR count). The maximum Gasteiger partial charge on any atom is 0.275 e. The van der Waals surface area contributed by atoms with Gasteiger partial charge in [-0.2, -0.15) is 0 Å². The SMILES string of the molecule is COc1cc(CNC(=O)C[NH+](Cc2ccccc2F)C2CC2)cc(OC)c1OC. The molecule has 0 saturated heterocycles. The van der Waals surface area contributed by atoms with Crippen LogP contribution in [0.25, 0.3) is 0 Å². The van der Waals surface area contributed by atoms with E-state index in [0.29, 0.717) is 48.5 Å². The van der Waals surface area contributed by atoms with Crippen LogP contribution < -0.4 is 24.4 Å². The van der Waals surface area contributed by atoms with Crippen molar-refractivity contribution in [3.63, 3.8) is 0 Å². The molecule has 2 aromatic rings. The Labute approximate surface area is 170 Å². The molecule has 1 fully saturated rings. The van der Waals surface area contributed by atoms with E-state index in [9.17, 15) is 9.18 Å². The zero-order valence-electron chi connectivity index (χ0n) is 17.1. The second kappa shape index (κ2) is 9.60. The number of halogens is 1. The quantitative estimate of drug-likeness (QED) is 0.634. The maximum atomic E-state index is 14.0. The number of quaternary nitrogens is 1. The lowest BCUT2D eigenvalue weighted by Crippen LogP contribution is -3.13. The first-order chi connectivity index (χ1) is 14.0. The lowest BCUT2D eigenvalue weighted by atomic mass is 10.1. The van der Waals surface area contributed by atoms with Crippen LogP contribution in [0.1, 0.15) is 24.0 Å². The number of nitrogens with one attached hydrogen (secondary N) is 2. The first-order valence-corrected chi connectivity index (χ1v) is 9.69. The number of ether oxygens (including phenoxy) is 3. The first kappa shape index (κ1) is 20.9. The number of carbonyl (C=O) groups excluding carboxylic acids is 1. The van der Waals surface area contributed by atoms with Gasteiger partial charge in [-0.3, -0.25) is 4.79 Å². The molecule has 0 aliphatic heterocycles. The van der Waals surface area contributed by atoms with Crippen molar-refractivity contribution >= 4 is 5.91 Å². The Balaban J connectivity index is 1.62. The summed E-state index contributed by atoms with van der Waals surface area (Å²) in [5, 5.41) is 2.95. The van der Waals surface area contributed by atoms with Crippen LogP contribution in [0.5, 0.6) is 17.2 Å². The van der Waals surface area contributed by atoms with Crippen LogP contribution in [0.4, 0.5) is 4.39 Å². The molecule has 7 heteroatoms. The van der Waals surface area contributed by atoms with Gasteiger partial charge in [-0.05, 0) is 23.8 Å². The third-order valence-electron chi connectivity index (χ3n) is 5.13. The molecule has 1 amide bonds. The summed E-state index contributed by atoms with van der Waals surface area (Å²) in [5.74, 6) is 1.31. The van der Waals surface area contributed by atoms with Crippen molar-refractivity contribution in [3.05, 3.63) is 53.3 Å². The van der Waals surface area contributed by atoms with E-state index >= 15 is 0 Å². The molecule has 1 aliphatic carbocycles. The van der Waals surface area contributed by atoms with Crippen molar-refractivity contribution in [1.29, 1.82) is 0 Å². The molecular weight excluding hydrogens is 375 g/mol. The van der Waals surface area contributed by atoms with Crippen LogP contribution in [0, 0.1) is 5.82 Å². The van der Waals surface area contributed by atoms with E-state index in [1.54, 1.807) is 33.5 Å². The largest absolute Gasteiger partial charge is 0.493 e. The summed E-state index contributed by atoms with van der Waals surface area (Å²) in [7, 11) is 4.66. The zero-order chi connectivity index (χ0) is 20.8. The van der Waals surface area contributed by atoms with Crippen LogP contribution in [0.2, 0.25) is 0 Å². The Morgan fingerprint density at radius 3 is 2.31 bits per heavy atom. The molecule has 0 bridgehead atoms. The highest BCUT2D eigenvalue weighted by Gasteiger charge is 2.35. The Morgan fingerprint density at radius 2 is 1.76 bits per heavy atom. The molecule has 1 atom stereocenters. The average Bonchev–Trinajstić information content (AvgIpc) is 3.57. The first-order valence-electron chi connectivity index (χ1n) is 9.69. The van der Waals surface area contributed by atoms with E-state index in [1.807, 2.05) is 18.2 Å². The van der Waals surface area contributed by atoms with Gasteiger partial charge in [-0.15, -0.1) is 0 Å². The minimum atomic E-state index is -0.219. The molecule has 29 heavy (non-hydrogen) atoms. The molecular formula is C22H28FN2O4+. The number of methoxy groups -OCH3 is 3. The Morgan fingerprint density at radius 1 is 1.10 bits per heavy atom. The minimum Gasteiger partial charge on any atom is -0.493 e. The monoisotopic (exact) mass is 403 g/mol. The highest BCUT2D eigenvalue weighted by Crippen LogP contribution is 2.38. The van der Waals surface area contributed by atoms with Crippen molar-refractivity contribution in [1.82, 2.24) is 5.32 Å². The summed E-state index contributed by atoms with van der Waals surface area (Å²) >= 11 is 0. The van der Waals surface area contributed by atoms with Crippen LogP contribution >= 0.6 is 0 Å². The highest BCUT2D eigenvalue weighted by atomic mass is 19.1. The second-order valence-corrected chi connectivity index (χ2v) is 7.19. The summed E-state index contributed by atoms with van der Waals surface area (Å²) in [6, 6.07) is 10.8. The van der Waals surface area contributed by atoms with Gasteiger partial charge in [-0.1, -0.05) is 18.2 Å². The van der Waals surface area contributed by atoms with Gasteiger partial charge in [0.1, 0.15) is 12.4 Å². The minimum absolute atomic E-state index is 0.0722. The van der Waals surface area contributed by atoms with Crippen LogP contribution in [0.3, 0.4) is 0 Å². The van der Waals surface area contributed by atoms with Gasteiger partial charge in [0.15, 0.2) is 18.0 Å². The van der Waals surface area contributed by atoms with Gasteiger partial charge in [0, 0.05) is 24.9 Å². The number of benzene rings is 2. The van der Waals surface area contributed by atoms with Gasteiger partial charge >= 0.3 is 0 Å². The van der Waals surface area contributed by atoms with Crippen LogP contribution in [-0.2, 0) is 17.9 Å². The normalized spacial score (nSPS) is 14.2. The third kappa shape index (κ3) is 5.38. The molecule has 1 unspecified atom stereocenters. The number of rotatable bonds is 10. The fourth-order valence-electron chi connectivity index (χ4n) is 3.44. The number of amides is 1. The molecule has 1 saturated carbocycles. The van der Waals surface area contributed by atoms with Crippen molar-refractivity contribution in [3.8, 4) is 17.2 Å². The third-order valence-corrected chi connectivity index (χ3v) is 5.13. The van der Waals surface area contributed by atoms with Crippen molar-refractivity contribution in [2.45, 2.75) is 32.0 Å². The zero-order valence-corrected chi connectivity index (χ0v) is 17.1. The number of hydrogen-bond donors (Lipinski definition) is 2. The molecule has 1 aliphatic rings. The van der Waals surface area contributed by atoms with E-state index in [4.69, 9.17) is 14.2 Å². The van der Waals surface area contributed by atoms with E-state index in [2.05, 4.69) is 5.32 Å². The Hall–Kier alpha value is -2.80. The molecule has 0 radical (unpaired) electrons. The van der Waals surface area contributed by atoms with Crippen molar-refractivity contribution < 1.29 is 28.3 Å². The van der Waals surface area contributed by atoms with Crippen molar-refractivity contribution in [2.24, 2.45) is 0 Å². The predicted molar refractivity (Wildman–Crippen MR) is 107 cm³/mol. The number of carbonyl (C=O) groups is 1. The predicted octanol–water partition coefficient (Wildman–Crippen LogP) is 1.72. The van der Waals surface area contributed by atoms with E-state index in [1.165, 1.54) is 6.07 Å². The highest BCUT2D eigenvalue weighted by molar-refractivity contribution is 5.76. The summed E-state index contributed by atoms with van der Waals surface area (Å²) in [6.07, 6.45) is 2.15. The van der Waals surface area contributed by atoms with E-state index in [0.717, 1.165) is 23.3 Å². The van der Waals surface area contributed by atoms with Gasteiger partial charge in [-0.25, -0.2) is 4.39 Å². The fraction of sp³-hybridized carbons (Fsp3) is 0.409. The summed E-state index contributed by atoms with van der Waals surface area (Å²) in [6.45, 7) is 1.16. The Kier molecular flexibility index (Phi) is 6.93. The molecule has 6 nitrogen and oxygen atoms in total. The topological polar surface area (TPSA) is 61.2 Å². The molecule has 0 aromatic heterocycles. The average molecular weight is 403 g/mol. The van der Waals surface area contributed by atoms with Gasteiger partial charge in [0.05, 0.1) is 27.4 Å². The van der Waals surface area contributed by atoms with Crippen molar-refractivity contribution in [2.75, 3.05) is 27.9 Å². The van der Waals surface area contributed by atoms with E-state index in [-0.39, 0.29) is 11.7 Å². The van der Waals surface area contributed by atoms with Crippen LogP contribution in [0.15, 0.2) is 36.4 Å². The standard InChI is InChI=1S/C22H27FN2O4/c1-27-19-10-15(11-20(28-2)22(19)29-3)12-24-21(26)14-25(17-8-9-17)13-16-6-4-5-7-18(16)23/h4-7,10-11,17H,8-9,12-14H2,1-3H3,(H,24,26)/p+1. The fourth-order valence-corrected chi connectivity index (χ4v) is 3.44. The smallest absolute Gasteiger partial charge is 0.275 e. The molecule has 2 aromatic carbocycles. The molecule has 156 valence electrons. The Bertz CT molecular complexity index is 829. The number of hydrogen-bond acceptors (Lipinski definition) is 4. The lowest BCUT2D eigenvalue weighted by molar-refractivity contribution is -0.917. The van der Waals surface area contributed by atoms with E-state index < -0.39 is 0 Å². The summed E-state index contributed by atoms with van der Waals surface area (Å²) in [5.41, 5.74) is 1.49. The van der Waals surface area contributed by atoms with Gasteiger partial charge < -0.3 is 24.4 Å². The lowest BCUT2D eigenvalue weighted by Gasteiger charge is -2.19. The van der Waals surface area contributed by atoms with Gasteiger partial charge in [0.2, 0.25) is 5.75 Å². The van der Waals surface area contributed by atoms with Gasteiger partial charge in [0.25, 0.3) is 5.91 Å². The maximum absolute atomic E-state index is 14.0. The van der Waals surface area contributed by atoms with Crippen LogP contribution in [-0.4, -0.2) is 39.8 Å². The second-order valence-electron chi connectivity index (χ2n) is 7.19. The summed E-state index contributed by atoms with van der Waals surface area (Å²) in [4.78, 5) is 13.6. The summed E-state index contributed by atoms with van der Waals surface area (Å²) < 4.78 is 30.0. The molecule has 0 heterocycles. The molecule has 2 N–H and O–H groups in total. The molecule has 0 spiro atoms.